The van der Waals surface area contributed by atoms with Gasteiger partial charge in [-0.05, 0) is 18.4 Å². The van der Waals surface area contributed by atoms with Crippen LogP contribution in [0.5, 0.6) is 0 Å². The number of hydrogen-bond acceptors (Lipinski definition) is 2. The van der Waals surface area contributed by atoms with Crippen molar-refractivity contribution in [3.63, 3.8) is 0 Å². The summed E-state index contributed by atoms with van der Waals surface area (Å²) in [4.78, 5) is 24.0. The van der Waals surface area contributed by atoms with E-state index in [4.69, 9.17) is 0 Å². The lowest BCUT2D eigenvalue weighted by Crippen LogP contribution is -2.31. The van der Waals surface area contributed by atoms with Gasteiger partial charge in [-0.2, -0.15) is 0 Å². The molecule has 0 aliphatic heterocycles. The molecule has 0 aliphatic rings. The van der Waals surface area contributed by atoms with E-state index in [2.05, 4.69) is 24.5 Å². The van der Waals surface area contributed by atoms with Crippen molar-refractivity contribution in [2.75, 3.05) is 11.9 Å². The molecule has 0 radical (unpaired) electrons. The van der Waals surface area contributed by atoms with Gasteiger partial charge in [0, 0.05) is 30.6 Å². The number of nitrogens with one attached hydrogen (secondary N) is 2. The number of aromatic nitrogens is 1. The predicted octanol–water partition coefficient (Wildman–Crippen LogP) is 2.71. The zero-order chi connectivity index (χ0) is 15.4. The van der Waals surface area contributed by atoms with Gasteiger partial charge in [-0.25, -0.2) is 4.79 Å². The number of fused-ring (bicyclic) bond motifs is 1. The quantitative estimate of drug-likeness (QED) is 0.908. The van der Waals surface area contributed by atoms with Gasteiger partial charge in [-0.3, -0.25) is 4.79 Å². The number of hydrogen-bond donors (Lipinski definition) is 2. The van der Waals surface area contributed by atoms with E-state index in [0.717, 1.165) is 11.8 Å². The molecule has 21 heavy (non-hydrogen) atoms. The number of rotatable bonds is 4. The fourth-order valence-corrected chi connectivity index (χ4v) is 2.16. The molecule has 1 aromatic carbocycles. The topological polar surface area (TPSA) is 63.1 Å². The van der Waals surface area contributed by atoms with Crippen LogP contribution in [0.25, 0.3) is 10.8 Å². The van der Waals surface area contributed by atoms with E-state index < -0.39 is 0 Å². The summed E-state index contributed by atoms with van der Waals surface area (Å²) in [5.74, 6) is 0.545. The second-order valence-corrected chi connectivity index (χ2v) is 5.57. The van der Waals surface area contributed by atoms with Crippen LogP contribution in [-0.4, -0.2) is 17.1 Å². The van der Waals surface area contributed by atoms with Gasteiger partial charge < -0.3 is 15.2 Å². The summed E-state index contributed by atoms with van der Waals surface area (Å²) in [6.45, 7) is 4.85. The van der Waals surface area contributed by atoms with E-state index in [9.17, 15) is 9.59 Å². The SMILES string of the molecule is CC(C)CCNC(=O)Nc1cn(C)c(=O)c2ccccc12. The van der Waals surface area contributed by atoms with Crippen LogP contribution in [0.1, 0.15) is 20.3 Å². The van der Waals surface area contributed by atoms with Crippen molar-refractivity contribution in [3.05, 3.63) is 40.8 Å². The molecular formula is C16H21N3O2. The lowest BCUT2D eigenvalue weighted by Gasteiger charge is -2.12. The van der Waals surface area contributed by atoms with Crippen LogP contribution >= 0.6 is 0 Å². The van der Waals surface area contributed by atoms with Gasteiger partial charge in [0.15, 0.2) is 0 Å². The number of amides is 2. The zero-order valence-corrected chi connectivity index (χ0v) is 12.6. The highest BCUT2D eigenvalue weighted by Crippen LogP contribution is 2.19. The molecule has 0 spiro atoms. The van der Waals surface area contributed by atoms with Crippen LogP contribution in [-0.2, 0) is 7.05 Å². The van der Waals surface area contributed by atoms with E-state index in [1.165, 1.54) is 4.57 Å². The number of carbonyl (C=O) groups is 1. The van der Waals surface area contributed by atoms with Crippen molar-refractivity contribution < 1.29 is 4.79 Å². The Bertz CT molecular complexity index is 704. The van der Waals surface area contributed by atoms with Crippen LogP contribution in [0.2, 0.25) is 0 Å². The van der Waals surface area contributed by atoms with E-state index in [-0.39, 0.29) is 11.6 Å². The highest BCUT2D eigenvalue weighted by atomic mass is 16.2. The van der Waals surface area contributed by atoms with Crippen molar-refractivity contribution in [1.82, 2.24) is 9.88 Å². The smallest absolute Gasteiger partial charge is 0.319 e. The maximum Gasteiger partial charge on any atom is 0.319 e. The van der Waals surface area contributed by atoms with E-state index in [1.54, 1.807) is 19.3 Å². The molecule has 2 amide bonds. The molecular weight excluding hydrogens is 266 g/mol. The van der Waals surface area contributed by atoms with Crippen molar-refractivity contribution in [3.8, 4) is 0 Å². The van der Waals surface area contributed by atoms with Crippen LogP contribution in [0.4, 0.5) is 10.5 Å². The minimum atomic E-state index is -0.251. The van der Waals surface area contributed by atoms with Crippen molar-refractivity contribution in [2.45, 2.75) is 20.3 Å². The Labute approximate surface area is 124 Å². The molecule has 2 aromatic rings. The maximum absolute atomic E-state index is 12.0. The van der Waals surface area contributed by atoms with Gasteiger partial charge in [0.05, 0.1) is 5.69 Å². The first-order valence-corrected chi connectivity index (χ1v) is 7.12. The van der Waals surface area contributed by atoms with Crippen LogP contribution < -0.4 is 16.2 Å². The molecule has 2 N–H and O–H groups in total. The van der Waals surface area contributed by atoms with E-state index in [1.807, 2.05) is 18.2 Å². The Morgan fingerprint density at radius 1 is 1.24 bits per heavy atom. The molecule has 2 rings (SSSR count). The number of benzene rings is 1. The van der Waals surface area contributed by atoms with Crippen molar-refractivity contribution >= 4 is 22.5 Å². The Balaban J connectivity index is 2.21. The molecule has 0 unspecified atom stereocenters. The Hall–Kier alpha value is -2.30. The molecule has 0 saturated heterocycles. The number of nitrogens with zero attached hydrogens (tertiary/aromatic N) is 1. The van der Waals surface area contributed by atoms with Gasteiger partial charge in [0.25, 0.3) is 5.56 Å². The molecule has 0 fully saturated rings. The standard InChI is InChI=1S/C16H21N3O2/c1-11(2)8-9-17-16(21)18-14-10-19(3)15(20)13-7-5-4-6-12(13)14/h4-7,10-11H,8-9H2,1-3H3,(H2,17,18,21). The van der Waals surface area contributed by atoms with Crippen LogP contribution in [0, 0.1) is 5.92 Å². The van der Waals surface area contributed by atoms with Crippen molar-refractivity contribution in [1.29, 1.82) is 0 Å². The number of anilines is 1. The first-order chi connectivity index (χ1) is 9.99. The molecule has 5 nitrogen and oxygen atoms in total. The summed E-state index contributed by atoms with van der Waals surface area (Å²) in [6, 6.07) is 7.01. The number of pyridine rings is 1. The summed E-state index contributed by atoms with van der Waals surface area (Å²) in [7, 11) is 1.68. The first-order valence-electron chi connectivity index (χ1n) is 7.12. The minimum absolute atomic E-state index is 0.0728. The summed E-state index contributed by atoms with van der Waals surface area (Å²) in [5, 5.41) is 6.99. The normalized spacial score (nSPS) is 10.9. The molecule has 0 aliphatic carbocycles. The third-order valence-corrected chi connectivity index (χ3v) is 3.35. The maximum atomic E-state index is 12.0. The third kappa shape index (κ3) is 3.62. The highest BCUT2D eigenvalue weighted by molar-refractivity contribution is 6.00. The number of carbonyl (C=O) groups excluding carboxylic acids is 1. The highest BCUT2D eigenvalue weighted by Gasteiger charge is 2.09. The van der Waals surface area contributed by atoms with Gasteiger partial charge >= 0.3 is 6.03 Å². The van der Waals surface area contributed by atoms with E-state index >= 15 is 0 Å². The monoisotopic (exact) mass is 287 g/mol. The summed E-state index contributed by atoms with van der Waals surface area (Å²) in [6.07, 6.45) is 2.58. The number of aryl methyl sites for hydroxylation is 1. The number of urea groups is 1. The zero-order valence-electron chi connectivity index (χ0n) is 12.6. The van der Waals surface area contributed by atoms with Crippen LogP contribution in [0.3, 0.4) is 0 Å². The second-order valence-electron chi connectivity index (χ2n) is 5.57. The molecule has 5 heteroatoms. The van der Waals surface area contributed by atoms with Gasteiger partial charge in [0.1, 0.15) is 0 Å². The molecule has 1 heterocycles. The second kappa shape index (κ2) is 6.43. The Morgan fingerprint density at radius 2 is 1.90 bits per heavy atom. The largest absolute Gasteiger partial charge is 0.338 e. The van der Waals surface area contributed by atoms with Gasteiger partial charge in [-0.15, -0.1) is 0 Å². The Kier molecular flexibility index (Phi) is 4.62. The van der Waals surface area contributed by atoms with Crippen LogP contribution in [0.15, 0.2) is 35.3 Å². The fraction of sp³-hybridized carbons (Fsp3) is 0.375. The van der Waals surface area contributed by atoms with E-state index in [0.29, 0.717) is 23.5 Å². The fourth-order valence-electron chi connectivity index (χ4n) is 2.16. The summed E-state index contributed by atoms with van der Waals surface area (Å²) >= 11 is 0. The Morgan fingerprint density at radius 3 is 2.57 bits per heavy atom. The molecule has 0 saturated carbocycles. The average molecular weight is 287 g/mol. The van der Waals surface area contributed by atoms with Gasteiger partial charge in [-0.1, -0.05) is 32.0 Å². The molecule has 112 valence electrons. The lowest BCUT2D eigenvalue weighted by molar-refractivity contribution is 0.251. The predicted molar refractivity (Wildman–Crippen MR) is 85.7 cm³/mol. The van der Waals surface area contributed by atoms with Gasteiger partial charge in [0.2, 0.25) is 0 Å². The lowest BCUT2D eigenvalue weighted by atomic mass is 10.1. The molecule has 0 atom stereocenters. The van der Waals surface area contributed by atoms with Crippen molar-refractivity contribution in [2.24, 2.45) is 13.0 Å². The molecule has 0 bridgehead atoms. The summed E-state index contributed by atoms with van der Waals surface area (Å²) < 4.78 is 1.48. The average Bonchev–Trinajstić information content (AvgIpc) is 2.44. The third-order valence-electron chi connectivity index (χ3n) is 3.35. The first kappa shape index (κ1) is 15.1. The molecule has 1 aromatic heterocycles. The minimum Gasteiger partial charge on any atom is -0.338 e. The summed E-state index contributed by atoms with van der Waals surface area (Å²) in [5.41, 5.74) is 0.561.